The average Bonchev–Trinajstić information content (AvgIpc) is 0.906. The quantitative estimate of drug-likeness (QED) is 0.0222. The summed E-state index contributed by atoms with van der Waals surface area (Å²) in [6, 6.07) is 0. The predicted octanol–water partition coefficient (Wildman–Crippen LogP) is 25.2. The zero-order chi connectivity index (χ0) is 76.0. The van der Waals surface area contributed by atoms with E-state index >= 15 is 0 Å². The third kappa shape index (κ3) is 76.6. The van der Waals surface area contributed by atoms with Crippen molar-refractivity contribution in [3.8, 4) is 0 Å². The molecule has 0 aliphatic heterocycles. The Morgan fingerprint density at radius 2 is 0.466 bits per heavy atom. The van der Waals surface area contributed by atoms with Crippen molar-refractivity contribution in [1.82, 2.24) is 0 Å². The van der Waals surface area contributed by atoms with Crippen molar-refractivity contribution in [3.63, 3.8) is 0 Å². The SMILES string of the molecule is CCC(C)CCCCCCCCC(=O)OC[C@H](COP(=O)(O)OC[C@H](O)COP(=O)(O)OC[C@@H](COC(=O)CCCCCCCCCCCCCCCCCC(C)C)OC(=O)CCCCCCCCCCCCCCCCCCCCC(C)C)OC(=O)CCCCCCCCCCCCCC(C)C. The summed E-state index contributed by atoms with van der Waals surface area (Å²) < 4.78 is 68.8. The van der Waals surface area contributed by atoms with Gasteiger partial charge in [0.25, 0.3) is 0 Å². The van der Waals surface area contributed by atoms with Gasteiger partial charge >= 0.3 is 39.5 Å². The molecule has 103 heavy (non-hydrogen) atoms. The first kappa shape index (κ1) is 101. The lowest BCUT2D eigenvalue weighted by atomic mass is 10.00. The minimum absolute atomic E-state index is 0.105. The Kier molecular flexibility index (Phi) is 71.5. The lowest BCUT2D eigenvalue weighted by molar-refractivity contribution is -0.161. The van der Waals surface area contributed by atoms with Gasteiger partial charge in [0.2, 0.25) is 0 Å². The highest BCUT2D eigenvalue weighted by Crippen LogP contribution is 2.45. The first-order valence-electron chi connectivity index (χ1n) is 43.2. The second-order valence-electron chi connectivity index (χ2n) is 31.9. The molecule has 0 bridgehead atoms. The Balaban J connectivity index is 5.23. The molecule has 3 unspecified atom stereocenters. The second-order valence-corrected chi connectivity index (χ2v) is 34.8. The first-order chi connectivity index (χ1) is 49.6. The molecule has 0 radical (unpaired) electrons. The lowest BCUT2D eigenvalue weighted by Gasteiger charge is -2.21. The normalized spacial score (nSPS) is 14.2. The van der Waals surface area contributed by atoms with Crippen LogP contribution >= 0.6 is 15.6 Å². The summed E-state index contributed by atoms with van der Waals surface area (Å²) >= 11 is 0. The van der Waals surface area contributed by atoms with E-state index in [1.807, 2.05) is 0 Å². The van der Waals surface area contributed by atoms with E-state index in [2.05, 4.69) is 55.4 Å². The summed E-state index contributed by atoms with van der Waals surface area (Å²) in [4.78, 5) is 73.1. The number of carbonyl (C=O) groups excluding carboxylic acids is 4. The first-order valence-corrected chi connectivity index (χ1v) is 46.2. The molecule has 0 fully saturated rings. The molecule has 0 aliphatic carbocycles. The van der Waals surface area contributed by atoms with Gasteiger partial charge in [0.05, 0.1) is 26.4 Å². The highest BCUT2D eigenvalue weighted by Gasteiger charge is 2.30. The van der Waals surface area contributed by atoms with E-state index in [4.69, 9.17) is 37.0 Å². The van der Waals surface area contributed by atoms with Gasteiger partial charge in [-0.25, -0.2) is 9.13 Å². The molecule has 0 aromatic heterocycles. The summed E-state index contributed by atoms with van der Waals surface area (Å²) in [5, 5.41) is 10.7. The van der Waals surface area contributed by atoms with Crippen LogP contribution in [0.4, 0.5) is 0 Å². The number of aliphatic hydroxyl groups excluding tert-OH is 1. The van der Waals surface area contributed by atoms with E-state index in [-0.39, 0.29) is 25.7 Å². The van der Waals surface area contributed by atoms with Crippen LogP contribution in [-0.2, 0) is 65.4 Å². The molecule has 0 rings (SSSR count). The van der Waals surface area contributed by atoms with E-state index in [0.29, 0.717) is 25.7 Å². The summed E-state index contributed by atoms with van der Waals surface area (Å²) in [6.07, 6.45) is 61.2. The number of esters is 4. The molecule has 0 aromatic rings. The van der Waals surface area contributed by atoms with Crippen LogP contribution < -0.4 is 0 Å². The van der Waals surface area contributed by atoms with Crippen LogP contribution in [0.2, 0.25) is 0 Å². The van der Waals surface area contributed by atoms with Crippen molar-refractivity contribution < 1.29 is 80.2 Å². The zero-order valence-electron chi connectivity index (χ0n) is 68.0. The van der Waals surface area contributed by atoms with Crippen molar-refractivity contribution >= 4 is 39.5 Å². The van der Waals surface area contributed by atoms with Crippen LogP contribution in [0.15, 0.2) is 0 Å². The maximum atomic E-state index is 13.1. The van der Waals surface area contributed by atoms with E-state index < -0.39 is 97.5 Å². The van der Waals surface area contributed by atoms with Crippen LogP contribution in [-0.4, -0.2) is 96.7 Å². The van der Waals surface area contributed by atoms with E-state index in [1.165, 1.54) is 231 Å². The molecule has 3 N–H and O–H groups in total. The number of carbonyl (C=O) groups is 4. The monoisotopic (exact) mass is 1510 g/mol. The van der Waals surface area contributed by atoms with Gasteiger partial charge in [0, 0.05) is 25.7 Å². The Labute approximate surface area is 632 Å². The van der Waals surface area contributed by atoms with Crippen LogP contribution in [0.5, 0.6) is 0 Å². The molecule has 0 aromatic carbocycles. The van der Waals surface area contributed by atoms with Gasteiger partial charge in [-0.1, -0.05) is 383 Å². The van der Waals surface area contributed by atoms with Crippen LogP contribution in [0.3, 0.4) is 0 Å². The molecule has 19 heteroatoms. The van der Waals surface area contributed by atoms with E-state index in [0.717, 1.165) is 120 Å². The van der Waals surface area contributed by atoms with Gasteiger partial charge in [-0.15, -0.1) is 0 Å². The minimum Gasteiger partial charge on any atom is -0.462 e. The van der Waals surface area contributed by atoms with E-state index in [9.17, 15) is 43.2 Å². The molecular formula is C84H164O17P2. The fourth-order valence-corrected chi connectivity index (χ4v) is 14.5. The summed E-state index contributed by atoms with van der Waals surface area (Å²) in [6.45, 7) is 14.3. The van der Waals surface area contributed by atoms with Gasteiger partial charge < -0.3 is 33.8 Å². The number of rotatable bonds is 81. The fraction of sp³-hybridized carbons (Fsp3) is 0.952. The highest BCUT2D eigenvalue weighted by atomic mass is 31.2. The van der Waals surface area contributed by atoms with Crippen LogP contribution in [0, 0.1) is 23.7 Å². The van der Waals surface area contributed by atoms with Gasteiger partial charge in [-0.05, 0) is 49.4 Å². The van der Waals surface area contributed by atoms with Crippen LogP contribution in [0.25, 0.3) is 0 Å². The molecule has 0 saturated heterocycles. The largest absolute Gasteiger partial charge is 0.472 e. The second kappa shape index (κ2) is 72.9. The molecule has 612 valence electrons. The Morgan fingerprint density at radius 3 is 0.689 bits per heavy atom. The summed E-state index contributed by atoms with van der Waals surface area (Å²) in [7, 11) is -9.93. The minimum atomic E-state index is -4.97. The molecule has 0 amide bonds. The van der Waals surface area contributed by atoms with Gasteiger partial charge in [-0.3, -0.25) is 37.3 Å². The molecule has 0 saturated carbocycles. The molecule has 17 nitrogen and oxygen atoms in total. The number of aliphatic hydroxyl groups is 1. The van der Waals surface area contributed by atoms with Crippen molar-refractivity contribution in [2.24, 2.45) is 23.7 Å². The number of unbranched alkanes of at least 4 members (excludes halogenated alkanes) is 46. The number of phosphoric acid groups is 2. The third-order valence-electron chi connectivity index (χ3n) is 19.9. The standard InChI is InChI=1S/C84H164O17P2/c1-9-77(8)63-55-47-42-43-49-57-65-82(87)95-71-80(101-84(89)67-59-51-41-35-29-23-26-32-38-46-54-62-76(6)7)73-99-103(92,93)97-69-78(85)68-96-102(90,91)98-72-79(70-94-81(86)64-56-48-39-33-27-21-18-14-16-20-25-31-37-45-53-61-75(4)5)100-83(88)66-58-50-40-34-28-22-17-13-11-10-12-15-19-24-30-36-44-52-60-74(2)3/h74-80,85H,9-73H2,1-8H3,(H,90,91)(H,92,93)/t77?,78-,79-,80-/m1/s1. The fourth-order valence-electron chi connectivity index (χ4n) is 12.9. The van der Waals surface area contributed by atoms with Gasteiger partial charge in [0.1, 0.15) is 19.3 Å². The zero-order valence-corrected chi connectivity index (χ0v) is 69.7. The van der Waals surface area contributed by atoms with Crippen molar-refractivity contribution in [2.75, 3.05) is 39.6 Å². The molecule has 6 atom stereocenters. The molecular weight excluding hydrogens is 1340 g/mol. The maximum absolute atomic E-state index is 13.1. The smallest absolute Gasteiger partial charge is 0.462 e. The molecule has 0 aliphatic rings. The van der Waals surface area contributed by atoms with E-state index in [1.54, 1.807) is 0 Å². The predicted molar refractivity (Wildman–Crippen MR) is 423 cm³/mol. The lowest BCUT2D eigenvalue weighted by Crippen LogP contribution is -2.30. The number of ether oxygens (including phenoxy) is 4. The number of hydrogen-bond donors (Lipinski definition) is 3. The van der Waals surface area contributed by atoms with Crippen molar-refractivity contribution in [1.29, 1.82) is 0 Å². The van der Waals surface area contributed by atoms with Gasteiger partial charge in [-0.2, -0.15) is 0 Å². The molecule has 0 heterocycles. The molecule has 0 spiro atoms. The van der Waals surface area contributed by atoms with Crippen LogP contribution in [0.1, 0.15) is 434 Å². The van der Waals surface area contributed by atoms with Crippen molar-refractivity contribution in [3.05, 3.63) is 0 Å². The maximum Gasteiger partial charge on any atom is 0.472 e. The summed E-state index contributed by atoms with van der Waals surface area (Å²) in [5.74, 6) is 1.01. The topological polar surface area (TPSA) is 237 Å². The summed E-state index contributed by atoms with van der Waals surface area (Å²) in [5.41, 5.74) is 0. The highest BCUT2D eigenvalue weighted by molar-refractivity contribution is 7.47. The Bertz CT molecular complexity index is 2010. The Hall–Kier alpha value is -1.94. The average molecular weight is 1510 g/mol. The Morgan fingerprint density at radius 1 is 0.272 bits per heavy atom. The number of phosphoric ester groups is 2. The third-order valence-corrected chi connectivity index (χ3v) is 21.8. The van der Waals surface area contributed by atoms with Gasteiger partial charge in [0.15, 0.2) is 12.2 Å². The van der Waals surface area contributed by atoms with Crippen molar-refractivity contribution in [2.45, 2.75) is 453 Å². The number of hydrogen-bond acceptors (Lipinski definition) is 15.